The maximum absolute atomic E-state index is 12.6. The molecule has 3 nitrogen and oxygen atoms in total. The summed E-state index contributed by atoms with van der Waals surface area (Å²) in [6, 6.07) is 12.7. The number of aromatic amines is 1. The second kappa shape index (κ2) is 3.62. The maximum Gasteiger partial charge on any atom is 0.209 e. The summed E-state index contributed by atoms with van der Waals surface area (Å²) in [7, 11) is 0. The van der Waals surface area contributed by atoms with Gasteiger partial charge >= 0.3 is 0 Å². The second-order valence-corrected chi connectivity index (χ2v) is 4.88. The zero-order valence-corrected chi connectivity index (χ0v) is 10.5. The molecule has 4 aromatic rings. The summed E-state index contributed by atoms with van der Waals surface area (Å²) in [4.78, 5) is 15.7. The van der Waals surface area contributed by atoms with Crippen LogP contribution in [0, 0.1) is 0 Å². The second-order valence-electron chi connectivity index (χ2n) is 4.45. The van der Waals surface area contributed by atoms with Crippen LogP contribution >= 0.6 is 11.6 Å². The van der Waals surface area contributed by atoms with Gasteiger partial charge in [-0.3, -0.25) is 4.79 Å². The quantitative estimate of drug-likeness (QED) is 0.523. The number of para-hydroxylation sites is 1. The number of hydrogen-bond acceptors (Lipinski definition) is 2. The van der Waals surface area contributed by atoms with Gasteiger partial charge in [-0.05, 0) is 24.3 Å². The van der Waals surface area contributed by atoms with Crippen LogP contribution in [-0.4, -0.2) is 4.98 Å². The Morgan fingerprint density at radius 2 is 1.89 bits per heavy atom. The highest BCUT2D eigenvalue weighted by molar-refractivity contribution is 6.31. The molecule has 0 aliphatic carbocycles. The van der Waals surface area contributed by atoms with Crippen molar-refractivity contribution in [2.45, 2.75) is 0 Å². The van der Waals surface area contributed by atoms with Crippen LogP contribution in [0.2, 0.25) is 5.02 Å². The average Bonchev–Trinajstić information content (AvgIpc) is 2.78. The lowest BCUT2D eigenvalue weighted by Crippen LogP contribution is -2.00. The lowest BCUT2D eigenvalue weighted by molar-refractivity contribution is 0.648. The third-order valence-electron chi connectivity index (χ3n) is 3.30. The highest BCUT2D eigenvalue weighted by Gasteiger charge is 2.13. The number of H-pyrrole nitrogens is 1. The summed E-state index contributed by atoms with van der Waals surface area (Å²) in [5.41, 5.74) is 1.87. The fourth-order valence-corrected chi connectivity index (χ4v) is 2.60. The molecule has 0 aliphatic heterocycles. The number of fused-ring (bicyclic) bond motifs is 4. The van der Waals surface area contributed by atoms with Crippen LogP contribution in [0.4, 0.5) is 0 Å². The largest absolute Gasteiger partial charge is 0.439 e. The van der Waals surface area contributed by atoms with Crippen molar-refractivity contribution in [3.8, 4) is 0 Å². The van der Waals surface area contributed by atoms with Crippen LogP contribution in [0.5, 0.6) is 0 Å². The topological polar surface area (TPSA) is 46.0 Å². The van der Waals surface area contributed by atoms with Crippen LogP contribution in [-0.2, 0) is 0 Å². The van der Waals surface area contributed by atoms with Gasteiger partial charge in [0.15, 0.2) is 0 Å². The molecule has 19 heavy (non-hydrogen) atoms. The lowest BCUT2D eigenvalue weighted by Gasteiger charge is -1.98. The smallest absolute Gasteiger partial charge is 0.209 e. The van der Waals surface area contributed by atoms with Crippen LogP contribution in [0.15, 0.2) is 51.7 Å². The Morgan fingerprint density at radius 1 is 1.05 bits per heavy atom. The molecule has 2 aromatic heterocycles. The van der Waals surface area contributed by atoms with Crippen molar-refractivity contribution in [2.24, 2.45) is 0 Å². The summed E-state index contributed by atoms with van der Waals surface area (Å²) in [6.45, 7) is 0. The number of halogens is 1. The van der Waals surface area contributed by atoms with Crippen LogP contribution in [0.1, 0.15) is 0 Å². The van der Waals surface area contributed by atoms with E-state index in [4.69, 9.17) is 16.0 Å². The van der Waals surface area contributed by atoms with Gasteiger partial charge in [-0.2, -0.15) is 0 Å². The van der Waals surface area contributed by atoms with Gasteiger partial charge in [0.05, 0.1) is 10.8 Å². The molecule has 0 radical (unpaired) electrons. The Labute approximate surface area is 112 Å². The van der Waals surface area contributed by atoms with E-state index in [1.807, 2.05) is 24.3 Å². The highest BCUT2D eigenvalue weighted by atomic mass is 35.5. The molecular formula is C15H8ClNO2. The standard InChI is InChI=1S/C15H8ClNO2/c16-8-5-6-12-10(7-8)14(18)13-9-3-1-2-4-11(9)17-15(13)19-12/h1-7,17H. The number of rotatable bonds is 0. The van der Waals surface area contributed by atoms with Crippen LogP contribution < -0.4 is 5.43 Å². The van der Waals surface area contributed by atoms with Crippen molar-refractivity contribution in [2.75, 3.05) is 0 Å². The predicted molar refractivity (Wildman–Crippen MR) is 76.9 cm³/mol. The van der Waals surface area contributed by atoms with Crippen LogP contribution in [0.25, 0.3) is 33.0 Å². The van der Waals surface area contributed by atoms with E-state index in [0.29, 0.717) is 27.1 Å². The van der Waals surface area contributed by atoms with E-state index in [2.05, 4.69) is 4.98 Å². The molecule has 1 N–H and O–H groups in total. The molecule has 0 spiro atoms. The SMILES string of the molecule is O=c1c2cc(Cl)ccc2oc2[nH]c3ccccc3c12. The summed E-state index contributed by atoms with van der Waals surface area (Å²) in [5, 5.41) is 2.47. The van der Waals surface area contributed by atoms with Gasteiger partial charge in [0, 0.05) is 15.9 Å². The van der Waals surface area contributed by atoms with E-state index in [9.17, 15) is 4.79 Å². The fraction of sp³-hybridized carbons (Fsp3) is 0. The molecule has 0 saturated heterocycles. The monoisotopic (exact) mass is 269 g/mol. The normalized spacial score (nSPS) is 11.6. The molecule has 0 bridgehead atoms. The van der Waals surface area contributed by atoms with E-state index in [1.165, 1.54) is 0 Å². The van der Waals surface area contributed by atoms with E-state index in [1.54, 1.807) is 18.2 Å². The summed E-state index contributed by atoms with van der Waals surface area (Å²) < 4.78 is 5.75. The van der Waals surface area contributed by atoms with Crippen molar-refractivity contribution < 1.29 is 4.42 Å². The van der Waals surface area contributed by atoms with Gasteiger partial charge in [-0.1, -0.05) is 29.8 Å². The van der Waals surface area contributed by atoms with E-state index < -0.39 is 0 Å². The Balaban J connectivity index is 2.34. The lowest BCUT2D eigenvalue weighted by atomic mass is 10.1. The van der Waals surface area contributed by atoms with Crippen LogP contribution in [0.3, 0.4) is 0 Å². The van der Waals surface area contributed by atoms with Gasteiger partial charge < -0.3 is 9.40 Å². The van der Waals surface area contributed by atoms with Crippen molar-refractivity contribution in [1.29, 1.82) is 0 Å². The molecular weight excluding hydrogens is 262 g/mol. The Morgan fingerprint density at radius 3 is 2.79 bits per heavy atom. The summed E-state index contributed by atoms with van der Waals surface area (Å²) in [6.07, 6.45) is 0. The number of aromatic nitrogens is 1. The molecule has 0 saturated carbocycles. The van der Waals surface area contributed by atoms with Gasteiger partial charge in [-0.25, -0.2) is 0 Å². The zero-order valence-electron chi connectivity index (χ0n) is 9.74. The molecule has 0 fully saturated rings. The first-order valence-electron chi connectivity index (χ1n) is 5.87. The zero-order chi connectivity index (χ0) is 13.0. The summed E-state index contributed by atoms with van der Waals surface area (Å²) >= 11 is 5.95. The van der Waals surface area contributed by atoms with Gasteiger partial charge in [-0.15, -0.1) is 0 Å². The molecule has 0 unspecified atom stereocenters. The molecule has 92 valence electrons. The minimum absolute atomic E-state index is 0.0591. The molecule has 0 atom stereocenters. The molecule has 0 amide bonds. The average molecular weight is 270 g/mol. The Bertz CT molecular complexity index is 997. The highest BCUT2D eigenvalue weighted by Crippen LogP contribution is 2.26. The third kappa shape index (κ3) is 1.42. The van der Waals surface area contributed by atoms with Crippen molar-refractivity contribution in [3.05, 3.63) is 57.7 Å². The van der Waals surface area contributed by atoms with E-state index >= 15 is 0 Å². The van der Waals surface area contributed by atoms with Crippen molar-refractivity contribution in [3.63, 3.8) is 0 Å². The fourth-order valence-electron chi connectivity index (χ4n) is 2.43. The van der Waals surface area contributed by atoms with Gasteiger partial charge in [0.2, 0.25) is 11.1 Å². The molecule has 2 aromatic carbocycles. The minimum Gasteiger partial charge on any atom is -0.439 e. The predicted octanol–water partition coefficient (Wildman–Crippen LogP) is 4.08. The molecule has 4 rings (SSSR count). The minimum atomic E-state index is -0.0591. The number of benzene rings is 2. The Kier molecular flexibility index (Phi) is 2.03. The van der Waals surface area contributed by atoms with Gasteiger partial charge in [0.1, 0.15) is 5.58 Å². The first kappa shape index (κ1) is 10.6. The number of nitrogens with one attached hydrogen (secondary N) is 1. The third-order valence-corrected chi connectivity index (χ3v) is 3.53. The van der Waals surface area contributed by atoms with Crippen molar-refractivity contribution in [1.82, 2.24) is 4.98 Å². The first-order valence-corrected chi connectivity index (χ1v) is 6.24. The van der Waals surface area contributed by atoms with Crippen molar-refractivity contribution >= 4 is 44.6 Å². The van der Waals surface area contributed by atoms with E-state index in [0.717, 1.165) is 10.9 Å². The molecule has 2 heterocycles. The van der Waals surface area contributed by atoms with Gasteiger partial charge in [0.25, 0.3) is 0 Å². The summed E-state index contributed by atoms with van der Waals surface area (Å²) in [5.74, 6) is 0. The first-order chi connectivity index (χ1) is 9.24. The van der Waals surface area contributed by atoms with E-state index in [-0.39, 0.29) is 5.43 Å². The number of hydrogen-bond donors (Lipinski definition) is 1. The maximum atomic E-state index is 12.6. The molecule has 0 aliphatic rings. The molecule has 4 heteroatoms. The Hall–Kier alpha value is -2.26.